The van der Waals surface area contributed by atoms with Gasteiger partial charge in [0.15, 0.2) is 0 Å². The number of hydrogen-bond donors (Lipinski definition) is 0. The maximum absolute atomic E-state index is 6.12. The van der Waals surface area contributed by atoms with Crippen LogP contribution in [0.5, 0.6) is 5.88 Å². The van der Waals surface area contributed by atoms with E-state index in [1.807, 2.05) is 24.3 Å². The van der Waals surface area contributed by atoms with Gasteiger partial charge in [-0.25, -0.2) is 4.98 Å². The minimum Gasteiger partial charge on any atom is -0.481 e. The number of methoxy groups -OCH3 is 1. The topological polar surface area (TPSA) is 56.7 Å². The highest BCUT2D eigenvalue weighted by Crippen LogP contribution is 2.36. The van der Waals surface area contributed by atoms with Crippen molar-refractivity contribution in [2.24, 2.45) is 0 Å². The second-order valence-corrected chi connectivity index (χ2v) is 7.10. The van der Waals surface area contributed by atoms with Gasteiger partial charge in [0.25, 0.3) is 0 Å². The molecule has 138 valence electrons. The molecule has 1 atom stereocenters. The highest BCUT2D eigenvalue weighted by Gasteiger charge is 2.47. The van der Waals surface area contributed by atoms with E-state index in [4.69, 9.17) is 14.2 Å². The van der Waals surface area contributed by atoms with Crippen LogP contribution in [0.15, 0.2) is 42.7 Å². The average Bonchev–Trinajstić information content (AvgIpc) is 2.67. The van der Waals surface area contributed by atoms with Gasteiger partial charge in [0, 0.05) is 50.6 Å². The van der Waals surface area contributed by atoms with Crippen molar-refractivity contribution in [1.82, 2.24) is 14.9 Å². The van der Waals surface area contributed by atoms with Crippen LogP contribution < -0.4 is 4.74 Å². The van der Waals surface area contributed by atoms with Gasteiger partial charge < -0.3 is 14.2 Å². The summed E-state index contributed by atoms with van der Waals surface area (Å²) in [6, 6.07) is 9.94. The van der Waals surface area contributed by atoms with Gasteiger partial charge in [-0.1, -0.05) is 12.1 Å². The molecule has 0 aromatic carbocycles. The quantitative estimate of drug-likeness (QED) is 0.793. The Bertz CT molecular complexity index is 719. The first-order valence-corrected chi connectivity index (χ1v) is 9.12. The molecule has 0 unspecified atom stereocenters. The highest BCUT2D eigenvalue weighted by atomic mass is 16.5. The molecule has 0 bridgehead atoms. The molecule has 2 aliphatic rings. The molecule has 2 aliphatic heterocycles. The number of nitrogens with zero attached hydrogens (tertiary/aromatic N) is 3. The molecule has 2 aromatic heterocycles. The molecule has 4 rings (SSSR count). The van der Waals surface area contributed by atoms with Crippen LogP contribution in [-0.2, 0) is 22.6 Å². The Labute approximate surface area is 154 Å². The van der Waals surface area contributed by atoms with Gasteiger partial charge in [-0.2, -0.15) is 0 Å². The van der Waals surface area contributed by atoms with Gasteiger partial charge in [0.2, 0.25) is 5.88 Å². The van der Waals surface area contributed by atoms with E-state index in [1.165, 1.54) is 0 Å². The van der Waals surface area contributed by atoms with Crippen LogP contribution in [0, 0.1) is 0 Å². The van der Waals surface area contributed by atoms with Crippen LogP contribution in [0.3, 0.4) is 0 Å². The van der Waals surface area contributed by atoms with E-state index in [2.05, 4.69) is 20.9 Å². The summed E-state index contributed by atoms with van der Waals surface area (Å²) in [5, 5.41) is 0. The number of likely N-dealkylation sites (tertiary alicyclic amines) is 1. The van der Waals surface area contributed by atoms with Gasteiger partial charge in [-0.15, -0.1) is 0 Å². The minimum atomic E-state index is -0.0670. The standard InChI is InChI=1S/C20H25N3O3/c1-24-19-16(5-4-9-22-19)12-23-14-20(15-23)11-18(7-10-26-20)25-13-17-6-2-3-8-21-17/h2-6,8-9,18H,7,10-15H2,1H3/t18-/m1/s1. The van der Waals surface area contributed by atoms with Crippen molar-refractivity contribution in [3.05, 3.63) is 54.0 Å². The molecular formula is C20H25N3O3. The largest absolute Gasteiger partial charge is 0.481 e. The van der Waals surface area contributed by atoms with Crippen molar-refractivity contribution in [1.29, 1.82) is 0 Å². The fraction of sp³-hybridized carbons (Fsp3) is 0.500. The second-order valence-electron chi connectivity index (χ2n) is 7.10. The first-order valence-electron chi connectivity index (χ1n) is 9.12. The van der Waals surface area contributed by atoms with E-state index in [9.17, 15) is 0 Å². The zero-order valence-electron chi connectivity index (χ0n) is 15.1. The van der Waals surface area contributed by atoms with E-state index in [0.717, 1.165) is 50.3 Å². The Hall–Kier alpha value is -2.02. The van der Waals surface area contributed by atoms with Crippen LogP contribution >= 0.6 is 0 Å². The van der Waals surface area contributed by atoms with Crippen molar-refractivity contribution in [2.75, 3.05) is 26.8 Å². The van der Waals surface area contributed by atoms with E-state index < -0.39 is 0 Å². The average molecular weight is 355 g/mol. The van der Waals surface area contributed by atoms with E-state index >= 15 is 0 Å². The van der Waals surface area contributed by atoms with Gasteiger partial charge in [0.05, 0.1) is 31.1 Å². The van der Waals surface area contributed by atoms with Crippen molar-refractivity contribution >= 4 is 0 Å². The summed E-state index contributed by atoms with van der Waals surface area (Å²) >= 11 is 0. The smallest absolute Gasteiger partial charge is 0.217 e. The molecule has 1 spiro atoms. The molecule has 2 saturated heterocycles. The third-order valence-corrected chi connectivity index (χ3v) is 5.10. The molecule has 6 nitrogen and oxygen atoms in total. The summed E-state index contributed by atoms with van der Waals surface area (Å²) in [6.07, 6.45) is 5.70. The van der Waals surface area contributed by atoms with Crippen molar-refractivity contribution in [3.8, 4) is 5.88 Å². The predicted octanol–water partition coefficient (Wildman–Crippen LogP) is 2.44. The fourth-order valence-electron chi connectivity index (χ4n) is 3.88. The molecule has 0 radical (unpaired) electrons. The van der Waals surface area contributed by atoms with Crippen LogP contribution in [0.1, 0.15) is 24.1 Å². The van der Waals surface area contributed by atoms with Crippen LogP contribution in [0.2, 0.25) is 0 Å². The predicted molar refractivity (Wildman–Crippen MR) is 96.8 cm³/mol. The summed E-state index contributed by atoms with van der Waals surface area (Å²) < 4.78 is 17.6. The summed E-state index contributed by atoms with van der Waals surface area (Å²) in [5.74, 6) is 0.703. The number of pyridine rings is 2. The lowest BCUT2D eigenvalue weighted by molar-refractivity contribution is -0.200. The van der Waals surface area contributed by atoms with Crippen molar-refractivity contribution in [2.45, 2.75) is 37.7 Å². The van der Waals surface area contributed by atoms with E-state index in [0.29, 0.717) is 12.5 Å². The molecule has 0 saturated carbocycles. The summed E-state index contributed by atoms with van der Waals surface area (Å²) in [4.78, 5) is 11.0. The maximum Gasteiger partial charge on any atom is 0.217 e. The molecule has 2 fully saturated rings. The van der Waals surface area contributed by atoms with Crippen LogP contribution in [0.25, 0.3) is 0 Å². The molecule has 0 amide bonds. The zero-order chi connectivity index (χ0) is 17.8. The van der Waals surface area contributed by atoms with Crippen LogP contribution in [0.4, 0.5) is 0 Å². The van der Waals surface area contributed by atoms with Gasteiger partial charge in [-0.3, -0.25) is 9.88 Å². The lowest BCUT2D eigenvalue weighted by atomic mass is 9.84. The third kappa shape index (κ3) is 3.87. The minimum absolute atomic E-state index is 0.0670. The van der Waals surface area contributed by atoms with Crippen LogP contribution in [-0.4, -0.2) is 53.4 Å². The molecule has 6 heteroatoms. The molecule has 0 aliphatic carbocycles. The lowest BCUT2D eigenvalue weighted by Gasteiger charge is -2.53. The number of hydrogen-bond acceptors (Lipinski definition) is 6. The maximum atomic E-state index is 6.12. The third-order valence-electron chi connectivity index (χ3n) is 5.10. The first kappa shape index (κ1) is 17.4. The molecule has 26 heavy (non-hydrogen) atoms. The Balaban J connectivity index is 1.29. The molecular weight excluding hydrogens is 330 g/mol. The molecule has 2 aromatic rings. The number of rotatable bonds is 6. The SMILES string of the molecule is COc1ncccc1CN1CC2(C[C@H](OCc3ccccn3)CCO2)C1. The van der Waals surface area contributed by atoms with Gasteiger partial charge in [0.1, 0.15) is 0 Å². The van der Waals surface area contributed by atoms with Crippen molar-refractivity contribution < 1.29 is 14.2 Å². The summed E-state index contributed by atoms with van der Waals surface area (Å²) in [7, 11) is 1.66. The summed E-state index contributed by atoms with van der Waals surface area (Å²) in [6.45, 7) is 4.01. The Morgan fingerprint density at radius 2 is 2.08 bits per heavy atom. The highest BCUT2D eigenvalue weighted by molar-refractivity contribution is 5.25. The number of aromatic nitrogens is 2. The Kier molecular flexibility index (Phi) is 5.15. The first-order chi connectivity index (χ1) is 12.8. The summed E-state index contributed by atoms with van der Waals surface area (Å²) in [5.41, 5.74) is 2.03. The zero-order valence-corrected chi connectivity index (χ0v) is 15.1. The van der Waals surface area contributed by atoms with E-state index in [1.54, 1.807) is 19.5 Å². The Morgan fingerprint density at radius 1 is 1.19 bits per heavy atom. The van der Waals surface area contributed by atoms with E-state index in [-0.39, 0.29) is 11.7 Å². The molecule has 4 heterocycles. The lowest BCUT2D eigenvalue weighted by Crippen LogP contribution is -2.65. The second kappa shape index (κ2) is 7.70. The van der Waals surface area contributed by atoms with Crippen molar-refractivity contribution in [3.63, 3.8) is 0 Å². The Morgan fingerprint density at radius 3 is 2.88 bits per heavy atom. The molecule has 0 N–H and O–H groups in total. The monoisotopic (exact) mass is 355 g/mol. The van der Waals surface area contributed by atoms with Gasteiger partial charge >= 0.3 is 0 Å². The fourth-order valence-corrected chi connectivity index (χ4v) is 3.88. The van der Waals surface area contributed by atoms with Gasteiger partial charge in [-0.05, 0) is 24.6 Å². The number of ether oxygens (including phenoxy) is 3. The normalized spacial score (nSPS) is 22.1.